The Hall–Kier alpha value is -3.59. The molecule has 3 aromatic heterocycles. The number of piperazine rings is 1. The zero-order chi connectivity index (χ0) is 21.2. The third kappa shape index (κ3) is 4.17. The van der Waals surface area contributed by atoms with Gasteiger partial charge >= 0.3 is 0 Å². The summed E-state index contributed by atoms with van der Waals surface area (Å²) < 4.78 is 20.7. The molecule has 0 atom stereocenters. The van der Waals surface area contributed by atoms with Crippen molar-refractivity contribution in [1.29, 1.82) is 0 Å². The lowest BCUT2D eigenvalue weighted by Crippen LogP contribution is -2.47. The van der Waals surface area contributed by atoms with E-state index in [2.05, 4.69) is 24.9 Å². The van der Waals surface area contributed by atoms with Crippen LogP contribution < -0.4 is 10.5 Å². The molecule has 158 valence electrons. The summed E-state index contributed by atoms with van der Waals surface area (Å²) in [4.78, 5) is 25.0. The smallest absolute Gasteiger partial charge is 0.298 e. The van der Waals surface area contributed by atoms with Crippen LogP contribution in [0, 0.1) is 5.82 Å². The molecule has 0 spiro atoms. The van der Waals surface area contributed by atoms with Gasteiger partial charge in [-0.2, -0.15) is 10.1 Å². The molecule has 5 rings (SSSR count). The second-order valence-electron chi connectivity index (χ2n) is 7.45. The maximum absolute atomic E-state index is 13.4. The Morgan fingerprint density at radius 3 is 2.58 bits per heavy atom. The number of oxazole rings is 1. The summed E-state index contributed by atoms with van der Waals surface area (Å²) >= 11 is 0. The van der Waals surface area contributed by atoms with E-state index in [1.165, 1.54) is 16.8 Å². The van der Waals surface area contributed by atoms with E-state index in [1.807, 2.05) is 12.1 Å². The molecule has 9 heteroatoms. The van der Waals surface area contributed by atoms with Gasteiger partial charge in [-0.3, -0.25) is 14.7 Å². The molecular formula is C22H21FN6O2. The lowest BCUT2D eigenvalue weighted by molar-refractivity contribution is 0.239. The topological polar surface area (TPSA) is 80.3 Å². The molecule has 0 radical (unpaired) electrons. The highest BCUT2D eigenvalue weighted by Crippen LogP contribution is 2.23. The number of benzene rings is 1. The van der Waals surface area contributed by atoms with Crippen molar-refractivity contribution >= 4 is 17.1 Å². The number of halogens is 1. The van der Waals surface area contributed by atoms with Crippen molar-refractivity contribution in [3.8, 4) is 11.3 Å². The molecule has 1 fully saturated rings. The Kier molecular flexibility index (Phi) is 5.17. The van der Waals surface area contributed by atoms with Crippen molar-refractivity contribution in [2.45, 2.75) is 6.54 Å². The van der Waals surface area contributed by atoms with E-state index in [9.17, 15) is 9.18 Å². The Morgan fingerprint density at radius 2 is 1.77 bits per heavy atom. The Balaban J connectivity index is 1.21. The Morgan fingerprint density at radius 1 is 0.968 bits per heavy atom. The average Bonchev–Trinajstić information content (AvgIpc) is 3.23. The van der Waals surface area contributed by atoms with Crippen LogP contribution in [0.1, 0.15) is 0 Å². The zero-order valence-corrected chi connectivity index (χ0v) is 16.8. The first-order valence-corrected chi connectivity index (χ1v) is 10.2. The largest absolute Gasteiger partial charge is 0.423 e. The van der Waals surface area contributed by atoms with Crippen LogP contribution in [-0.4, -0.2) is 57.4 Å². The molecule has 1 aliphatic rings. The van der Waals surface area contributed by atoms with Gasteiger partial charge in [0, 0.05) is 62.8 Å². The van der Waals surface area contributed by atoms with E-state index >= 15 is 0 Å². The van der Waals surface area contributed by atoms with Gasteiger partial charge in [0.2, 0.25) is 0 Å². The van der Waals surface area contributed by atoms with Gasteiger partial charge in [-0.25, -0.2) is 9.07 Å². The lowest BCUT2D eigenvalue weighted by Gasteiger charge is -2.33. The van der Waals surface area contributed by atoms with Gasteiger partial charge in [-0.05, 0) is 30.3 Å². The minimum atomic E-state index is -0.325. The third-order valence-corrected chi connectivity index (χ3v) is 5.45. The second kappa shape index (κ2) is 8.27. The van der Waals surface area contributed by atoms with Crippen LogP contribution in [0.15, 0.2) is 64.1 Å². The van der Waals surface area contributed by atoms with Crippen molar-refractivity contribution in [3.05, 3.63) is 71.0 Å². The van der Waals surface area contributed by atoms with Crippen LogP contribution in [0.25, 0.3) is 22.4 Å². The molecule has 0 amide bonds. The summed E-state index contributed by atoms with van der Waals surface area (Å²) in [7, 11) is 0. The van der Waals surface area contributed by atoms with Gasteiger partial charge in [-0.15, -0.1) is 0 Å². The quantitative estimate of drug-likeness (QED) is 0.490. The fraction of sp³-hybridized carbons (Fsp3) is 0.273. The van der Waals surface area contributed by atoms with E-state index in [0.717, 1.165) is 44.0 Å². The van der Waals surface area contributed by atoms with E-state index < -0.39 is 0 Å². The van der Waals surface area contributed by atoms with Crippen LogP contribution in [0.5, 0.6) is 0 Å². The molecule has 1 aliphatic heterocycles. The minimum Gasteiger partial charge on any atom is -0.423 e. The van der Waals surface area contributed by atoms with Gasteiger partial charge in [0.05, 0.1) is 12.2 Å². The average molecular weight is 420 g/mol. The Labute approximate surface area is 177 Å². The van der Waals surface area contributed by atoms with Crippen LogP contribution in [0.3, 0.4) is 0 Å². The first-order valence-electron chi connectivity index (χ1n) is 10.2. The monoisotopic (exact) mass is 420 g/mol. The molecule has 0 N–H and O–H groups in total. The van der Waals surface area contributed by atoms with Gasteiger partial charge in [0.1, 0.15) is 11.3 Å². The van der Waals surface area contributed by atoms with Crippen LogP contribution in [-0.2, 0) is 6.54 Å². The molecule has 4 heterocycles. The first kappa shape index (κ1) is 19.4. The SMILES string of the molecule is O=c1ccc(-c2ccncc2)nn1CCN1CCN(c2nc3cc(F)ccc3o2)CC1. The molecule has 0 bridgehead atoms. The zero-order valence-electron chi connectivity index (χ0n) is 16.8. The van der Waals surface area contributed by atoms with Gasteiger partial charge in [0.15, 0.2) is 5.58 Å². The first-order chi connectivity index (χ1) is 15.2. The van der Waals surface area contributed by atoms with E-state index in [1.54, 1.807) is 30.6 Å². The van der Waals surface area contributed by atoms with Crippen LogP contribution in [0.4, 0.5) is 10.4 Å². The standard InChI is InChI=1S/C22H21FN6O2/c23-17-1-3-20-19(15-17)25-22(31-20)28-12-9-27(10-13-28)11-14-29-21(30)4-2-18(26-29)16-5-7-24-8-6-16/h1-8,15H,9-14H2. The van der Waals surface area contributed by atoms with Gasteiger partial charge in [0.25, 0.3) is 11.6 Å². The highest BCUT2D eigenvalue weighted by molar-refractivity contribution is 5.74. The molecule has 0 aliphatic carbocycles. The summed E-state index contributed by atoms with van der Waals surface area (Å²) in [5, 5.41) is 4.50. The number of anilines is 1. The number of hydrogen-bond acceptors (Lipinski definition) is 7. The highest BCUT2D eigenvalue weighted by atomic mass is 19.1. The molecule has 8 nitrogen and oxygen atoms in total. The Bertz CT molecular complexity index is 1250. The van der Waals surface area contributed by atoms with Crippen molar-refractivity contribution in [2.75, 3.05) is 37.6 Å². The molecule has 0 unspecified atom stereocenters. The molecule has 31 heavy (non-hydrogen) atoms. The summed E-state index contributed by atoms with van der Waals surface area (Å²) in [6, 6.07) is 11.9. The third-order valence-electron chi connectivity index (χ3n) is 5.45. The predicted octanol–water partition coefficient (Wildman–Crippen LogP) is 2.41. The molecule has 0 saturated carbocycles. The normalized spacial score (nSPS) is 14.9. The molecule has 1 aromatic carbocycles. The summed E-state index contributed by atoms with van der Waals surface area (Å²) in [6.45, 7) is 4.35. The fourth-order valence-corrected chi connectivity index (χ4v) is 3.71. The predicted molar refractivity (Wildman–Crippen MR) is 114 cm³/mol. The maximum atomic E-state index is 13.4. The number of nitrogens with zero attached hydrogens (tertiary/aromatic N) is 6. The number of hydrogen-bond donors (Lipinski definition) is 0. The summed E-state index contributed by atoms with van der Waals surface area (Å²) in [5.41, 5.74) is 2.67. The fourth-order valence-electron chi connectivity index (χ4n) is 3.71. The van der Waals surface area contributed by atoms with E-state index in [0.29, 0.717) is 23.7 Å². The van der Waals surface area contributed by atoms with Gasteiger partial charge in [-0.1, -0.05) is 0 Å². The van der Waals surface area contributed by atoms with Crippen molar-refractivity contribution < 1.29 is 8.81 Å². The van der Waals surface area contributed by atoms with Crippen molar-refractivity contribution in [1.82, 2.24) is 24.6 Å². The second-order valence-corrected chi connectivity index (χ2v) is 7.45. The molecular weight excluding hydrogens is 399 g/mol. The van der Waals surface area contributed by atoms with Crippen molar-refractivity contribution in [3.63, 3.8) is 0 Å². The number of rotatable bonds is 5. The van der Waals surface area contributed by atoms with E-state index in [-0.39, 0.29) is 11.4 Å². The molecule has 1 saturated heterocycles. The number of fused-ring (bicyclic) bond motifs is 1. The maximum Gasteiger partial charge on any atom is 0.298 e. The van der Waals surface area contributed by atoms with Gasteiger partial charge < -0.3 is 9.32 Å². The van der Waals surface area contributed by atoms with Crippen LogP contribution >= 0.6 is 0 Å². The minimum absolute atomic E-state index is 0.116. The van der Waals surface area contributed by atoms with Crippen LogP contribution in [0.2, 0.25) is 0 Å². The summed E-state index contributed by atoms with van der Waals surface area (Å²) in [5.74, 6) is -0.325. The molecule has 4 aromatic rings. The number of aromatic nitrogens is 4. The highest BCUT2D eigenvalue weighted by Gasteiger charge is 2.21. The lowest BCUT2D eigenvalue weighted by atomic mass is 10.2. The van der Waals surface area contributed by atoms with Crippen molar-refractivity contribution in [2.24, 2.45) is 0 Å². The summed E-state index contributed by atoms with van der Waals surface area (Å²) in [6.07, 6.45) is 3.42. The van der Waals surface area contributed by atoms with E-state index in [4.69, 9.17) is 4.42 Å². The number of pyridine rings is 1.